The first kappa shape index (κ1) is 14.4. The quantitative estimate of drug-likeness (QED) is 0.755. The molecule has 0 amide bonds. The van der Waals surface area contributed by atoms with Crippen LogP contribution in [0.15, 0.2) is 42.6 Å². The number of benzene rings is 1. The minimum absolute atomic E-state index is 0.774. The second kappa shape index (κ2) is 6.92. The summed E-state index contributed by atoms with van der Waals surface area (Å²) in [6.07, 6.45) is 2.77. The van der Waals surface area contributed by atoms with Crippen molar-refractivity contribution in [3.05, 3.63) is 58.9 Å². The van der Waals surface area contributed by atoms with Crippen molar-refractivity contribution in [3.63, 3.8) is 0 Å². The highest BCUT2D eigenvalue weighted by Gasteiger charge is 2.07. The van der Waals surface area contributed by atoms with Gasteiger partial charge in [0.25, 0.3) is 0 Å². The van der Waals surface area contributed by atoms with Crippen molar-refractivity contribution < 1.29 is 0 Å². The summed E-state index contributed by atoms with van der Waals surface area (Å²) in [5.74, 6) is 0. The van der Waals surface area contributed by atoms with E-state index in [9.17, 15) is 0 Å². The first-order chi connectivity index (χ1) is 9.20. The number of aromatic nitrogens is 1. The first-order valence-corrected chi connectivity index (χ1v) is 7.66. The second-order valence-electron chi connectivity index (χ2n) is 4.40. The highest BCUT2D eigenvalue weighted by Crippen LogP contribution is 2.25. The van der Waals surface area contributed by atoms with Gasteiger partial charge in [-0.2, -0.15) is 0 Å². The molecule has 100 valence electrons. The summed E-state index contributed by atoms with van der Waals surface area (Å²) in [6.45, 7) is 0.929. The molecule has 0 radical (unpaired) electrons. The number of likely N-dealkylation sites (N-methyl/N-ethyl adjacent to an activating group) is 1. The van der Waals surface area contributed by atoms with Crippen LogP contribution in [0.2, 0.25) is 5.02 Å². The highest BCUT2D eigenvalue weighted by atomic mass is 79.9. The Hall–Kier alpha value is -1.06. The molecule has 1 aromatic carbocycles. The van der Waals surface area contributed by atoms with Gasteiger partial charge in [-0.3, -0.25) is 4.98 Å². The van der Waals surface area contributed by atoms with E-state index in [2.05, 4.69) is 45.0 Å². The molecule has 0 aliphatic heterocycles. The van der Waals surface area contributed by atoms with Gasteiger partial charge >= 0.3 is 0 Å². The van der Waals surface area contributed by atoms with Crippen molar-refractivity contribution in [1.82, 2.24) is 4.98 Å². The Morgan fingerprint density at radius 3 is 2.79 bits per heavy atom. The molecule has 1 heterocycles. The van der Waals surface area contributed by atoms with Crippen LogP contribution in [0.1, 0.15) is 11.3 Å². The van der Waals surface area contributed by atoms with E-state index < -0.39 is 0 Å². The molecule has 0 atom stereocenters. The fraction of sp³-hybridized carbons (Fsp3) is 0.267. The number of pyridine rings is 1. The number of alkyl halides is 1. The van der Waals surface area contributed by atoms with Gasteiger partial charge in [0.2, 0.25) is 0 Å². The summed E-state index contributed by atoms with van der Waals surface area (Å²) in [5.41, 5.74) is 3.52. The molecule has 0 aliphatic carbocycles. The van der Waals surface area contributed by atoms with E-state index in [4.69, 9.17) is 11.6 Å². The molecule has 2 aromatic rings. The largest absolute Gasteiger partial charge is 0.374 e. The van der Waals surface area contributed by atoms with Crippen molar-refractivity contribution in [1.29, 1.82) is 0 Å². The molecule has 2 rings (SSSR count). The molecule has 0 aliphatic rings. The minimum Gasteiger partial charge on any atom is -0.374 e. The summed E-state index contributed by atoms with van der Waals surface area (Å²) in [5, 5.41) is 1.58. The van der Waals surface area contributed by atoms with E-state index in [1.165, 1.54) is 11.3 Å². The van der Waals surface area contributed by atoms with Gasteiger partial charge in [0, 0.05) is 47.9 Å². The average molecular weight is 340 g/mol. The van der Waals surface area contributed by atoms with Crippen LogP contribution in [-0.4, -0.2) is 18.6 Å². The zero-order chi connectivity index (χ0) is 13.7. The maximum Gasteiger partial charge on any atom is 0.0421 e. The molecule has 19 heavy (non-hydrogen) atoms. The zero-order valence-corrected chi connectivity index (χ0v) is 13.2. The van der Waals surface area contributed by atoms with Crippen LogP contribution in [0.3, 0.4) is 0 Å². The van der Waals surface area contributed by atoms with Crippen molar-refractivity contribution in [3.8, 4) is 0 Å². The van der Waals surface area contributed by atoms with Crippen LogP contribution in [0.5, 0.6) is 0 Å². The fourth-order valence-electron chi connectivity index (χ4n) is 1.98. The van der Waals surface area contributed by atoms with E-state index in [0.717, 1.165) is 29.0 Å². The van der Waals surface area contributed by atoms with Crippen molar-refractivity contribution >= 4 is 33.2 Å². The smallest absolute Gasteiger partial charge is 0.0421 e. The Labute approximate surface area is 127 Å². The van der Waals surface area contributed by atoms with Crippen molar-refractivity contribution in [2.45, 2.75) is 11.8 Å². The Bertz CT molecular complexity index is 531. The number of nitrogens with zero attached hydrogens (tertiary/aromatic N) is 2. The van der Waals surface area contributed by atoms with Crippen molar-refractivity contribution in [2.24, 2.45) is 0 Å². The molecular formula is C15H16BrClN2. The van der Waals surface area contributed by atoms with Crippen molar-refractivity contribution in [2.75, 3.05) is 18.5 Å². The Balaban J connectivity index is 2.05. The van der Waals surface area contributed by atoms with Crippen LogP contribution < -0.4 is 4.90 Å². The summed E-state index contributed by atoms with van der Waals surface area (Å²) < 4.78 is 0. The van der Waals surface area contributed by atoms with Gasteiger partial charge in [-0.15, -0.1) is 0 Å². The van der Waals surface area contributed by atoms with E-state index in [1.807, 2.05) is 30.5 Å². The van der Waals surface area contributed by atoms with E-state index >= 15 is 0 Å². The van der Waals surface area contributed by atoms with Gasteiger partial charge in [-0.25, -0.2) is 0 Å². The van der Waals surface area contributed by atoms with E-state index in [0.29, 0.717) is 0 Å². The average Bonchev–Trinajstić information content (AvgIpc) is 2.45. The summed E-state index contributed by atoms with van der Waals surface area (Å²) >= 11 is 9.53. The summed E-state index contributed by atoms with van der Waals surface area (Å²) in [7, 11) is 2.10. The molecule has 0 fully saturated rings. The monoisotopic (exact) mass is 338 g/mol. The maximum atomic E-state index is 6.02. The fourth-order valence-corrected chi connectivity index (χ4v) is 2.63. The number of hydrogen-bond acceptors (Lipinski definition) is 2. The van der Waals surface area contributed by atoms with Crippen LogP contribution in [-0.2, 0) is 11.8 Å². The molecule has 0 unspecified atom stereocenters. The van der Waals surface area contributed by atoms with Gasteiger partial charge in [0.05, 0.1) is 0 Å². The lowest BCUT2D eigenvalue weighted by molar-refractivity contribution is 0.849. The predicted octanol–water partition coefficient (Wildman–Crippen LogP) is 4.31. The number of rotatable bonds is 5. The Morgan fingerprint density at radius 1 is 1.26 bits per heavy atom. The van der Waals surface area contributed by atoms with Gasteiger partial charge < -0.3 is 4.90 Å². The highest BCUT2D eigenvalue weighted by molar-refractivity contribution is 9.08. The van der Waals surface area contributed by atoms with Crippen LogP contribution in [0.4, 0.5) is 5.69 Å². The number of hydrogen-bond donors (Lipinski definition) is 0. The van der Waals surface area contributed by atoms with Gasteiger partial charge in [-0.1, -0.05) is 33.6 Å². The topological polar surface area (TPSA) is 16.1 Å². The molecule has 2 nitrogen and oxygen atoms in total. The molecule has 0 spiro atoms. The molecule has 0 saturated heterocycles. The molecule has 1 aromatic heterocycles. The molecule has 4 heteroatoms. The third-order valence-electron chi connectivity index (χ3n) is 3.03. The van der Waals surface area contributed by atoms with Gasteiger partial charge in [-0.05, 0) is 35.9 Å². The third-order valence-corrected chi connectivity index (χ3v) is 3.87. The lowest BCUT2D eigenvalue weighted by Crippen LogP contribution is -2.21. The number of halogens is 2. The van der Waals surface area contributed by atoms with Gasteiger partial charge in [0.15, 0.2) is 0 Å². The standard InChI is InChI=1S/C15H16BrClN2/c1-19(9-7-14-4-2-3-8-18-14)15-6-5-13(17)10-12(15)11-16/h2-6,8,10H,7,9,11H2,1H3. The van der Waals surface area contributed by atoms with Crippen LogP contribution in [0, 0.1) is 0 Å². The molecule has 0 bridgehead atoms. The van der Waals surface area contributed by atoms with Gasteiger partial charge in [0.1, 0.15) is 0 Å². The Morgan fingerprint density at radius 2 is 2.11 bits per heavy atom. The third kappa shape index (κ3) is 3.95. The zero-order valence-electron chi connectivity index (χ0n) is 10.8. The van der Waals surface area contributed by atoms with E-state index in [1.54, 1.807) is 0 Å². The summed E-state index contributed by atoms with van der Waals surface area (Å²) in [6, 6.07) is 12.0. The Kier molecular flexibility index (Phi) is 5.23. The van der Waals surface area contributed by atoms with Crippen LogP contribution in [0.25, 0.3) is 0 Å². The molecule has 0 saturated carbocycles. The second-order valence-corrected chi connectivity index (χ2v) is 5.40. The predicted molar refractivity (Wildman–Crippen MR) is 85.3 cm³/mol. The SMILES string of the molecule is CN(CCc1ccccn1)c1ccc(Cl)cc1CBr. The normalized spacial score (nSPS) is 10.5. The first-order valence-electron chi connectivity index (χ1n) is 6.16. The lowest BCUT2D eigenvalue weighted by atomic mass is 10.1. The molecule has 0 N–H and O–H groups in total. The minimum atomic E-state index is 0.774. The maximum absolute atomic E-state index is 6.02. The number of anilines is 1. The van der Waals surface area contributed by atoms with Crippen LogP contribution >= 0.6 is 27.5 Å². The van der Waals surface area contributed by atoms with E-state index in [-0.39, 0.29) is 0 Å². The summed E-state index contributed by atoms with van der Waals surface area (Å²) in [4.78, 5) is 6.58. The molecular weight excluding hydrogens is 324 g/mol. The lowest BCUT2D eigenvalue weighted by Gasteiger charge is -2.22.